The first kappa shape index (κ1) is 14.8. The van der Waals surface area contributed by atoms with Crippen LogP contribution in [0, 0.1) is 6.92 Å². The summed E-state index contributed by atoms with van der Waals surface area (Å²) in [6.07, 6.45) is 1.88. The Kier molecular flexibility index (Phi) is 4.28. The lowest BCUT2D eigenvalue weighted by Crippen LogP contribution is -2.61. The van der Waals surface area contributed by atoms with Crippen LogP contribution in [0.1, 0.15) is 26.3 Å². The predicted molar refractivity (Wildman–Crippen MR) is 80.6 cm³/mol. The normalized spacial score (nSPS) is 24.6. The lowest BCUT2D eigenvalue weighted by Gasteiger charge is -2.45. The smallest absolute Gasteiger partial charge is 0.239 e. The summed E-state index contributed by atoms with van der Waals surface area (Å²) in [5.41, 5.74) is 6.89. The average Bonchev–Trinajstić information content (AvgIpc) is 2.38. The van der Waals surface area contributed by atoms with Gasteiger partial charge in [-0.2, -0.15) is 0 Å². The molecule has 1 aliphatic rings. The number of carbonyl (C=O) groups excluding carboxylic acids is 1. The summed E-state index contributed by atoms with van der Waals surface area (Å²) >= 11 is 0. The van der Waals surface area contributed by atoms with E-state index in [0.717, 1.165) is 24.5 Å². The molecule has 3 atom stereocenters. The first-order valence-electron chi connectivity index (χ1n) is 7.15. The van der Waals surface area contributed by atoms with E-state index in [4.69, 9.17) is 5.73 Å². The highest BCUT2D eigenvalue weighted by Crippen LogP contribution is 2.21. The van der Waals surface area contributed by atoms with E-state index in [1.807, 2.05) is 24.1 Å². The number of carbonyl (C=O) groups is 1. The van der Waals surface area contributed by atoms with Crippen LogP contribution in [0.4, 0.5) is 5.82 Å². The molecule has 2 heterocycles. The van der Waals surface area contributed by atoms with Gasteiger partial charge in [-0.1, -0.05) is 6.07 Å². The van der Waals surface area contributed by atoms with Crippen LogP contribution in [-0.4, -0.2) is 47.0 Å². The van der Waals surface area contributed by atoms with Gasteiger partial charge in [0.15, 0.2) is 0 Å². The number of amides is 1. The molecule has 0 spiro atoms. The second-order valence-corrected chi connectivity index (χ2v) is 5.83. The first-order chi connectivity index (χ1) is 9.40. The van der Waals surface area contributed by atoms with Gasteiger partial charge in [0.1, 0.15) is 5.82 Å². The Morgan fingerprint density at radius 1 is 1.35 bits per heavy atom. The van der Waals surface area contributed by atoms with Crippen molar-refractivity contribution in [2.75, 3.05) is 18.0 Å². The van der Waals surface area contributed by atoms with E-state index >= 15 is 0 Å². The molecule has 1 unspecified atom stereocenters. The van der Waals surface area contributed by atoms with E-state index < -0.39 is 6.04 Å². The van der Waals surface area contributed by atoms with Crippen molar-refractivity contribution in [2.24, 2.45) is 5.73 Å². The molecule has 1 saturated heterocycles. The molecule has 0 aromatic carbocycles. The molecule has 0 aliphatic carbocycles. The first-order valence-corrected chi connectivity index (χ1v) is 7.15. The summed E-state index contributed by atoms with van der Waals surface area (Å²) in [5.74, 6) is 1.00. The van der Waals surface area contributed by atoms with Gasteiger partial charge in [0.2, 0.25) is 5.91 Å². The van der Waals surface area contributed by atoms with Crippen LogP contribution in [0.2, 0.25) is 0 Å². The fourth-order valence-electron chi connectivity index (χ4n) is 2.83. The minimum absolute atomic E-state index is 0.0292. The van der Waals surface area contributed by atoms with Crippen LogP contribution in [0.3, 0.4) is 0 Å². The van der Waals surface area contributed by atoms with Gasteiger partial charge in [-0.3, -0.25) is 4.79 Å². The Balaban J connectivity index is 2.13. The highest BCUT2D eigenvalue weighted by molar-refractivity contribution is 5.82. The second kappa shape index (κ2) is 5.79. The zero-order valence-electron chi connectivity index (χ0n) is 12.7. The molecule has 5 nitrogen and oxygen atoms in total. The maximum atomic E-state index is 12.2. The SMILES string of the molecule is Cc1ccc(N2C[C@@H](C)N(C(=O)C(C)N)[C@@H](C)C2)nc1. The molecule has 5 heteroatoms. The lowest BCUT2D eigenvalue weighted by atomic mass is 10.1. The fourth-order valence-corrected chi connectivity index (χ4v) is 2.83. The van der Waals surface area contributed by atoms with Crippen LogP contribution in [0.25, 0.3) is 0 Å². The molecule has 110 valence electrons. The molecule has 0 saturated carbocycles. The monoisotopic (exact) mass is 276 g/mol. The van der Waals surface area contributed by atoms with Gasteiger partial charge in [0.05, 0.1) is 6.04 Å². The van der Waals surface area contributed by atoms with E-state index in [1.54, 1.807) is 6.92 Å². The number of rotatable bonds is 2. The average molecular weight is 276 g/mol. The summed E-state index contributed by atoms with van der Waals surface area (Å²) in [4.78, 5) is 20.8. The van der Waals surface area contributed by atoms with E-state index in [0.29, 0.717) is 0 Å². The zero-order chi connectivity index (χ0) is 14.9. The standard InChI is InChI=1S/C15H24N4O/c1-10-5-6-14(17-7-10)18-8-11(2)19(12(3)9-18)15(20)13(4)16/h5-7,11-13H,8-9,16H2,1-4H3/t11-,12+,13?. The highest BCUT2D eigenvalue weighted by Gasteiger charge is 2.34. The molecular formula is C15H24N4O. The Morgan fingerprint density at radius 3 is 2.40 bits per heavy atom. The van der Waals surface area contributed by atoms with Gasteiger partial charge < -0.3 is 15.5 Å². The maximum absolute atomic E-state index is 12.2. The molecule has 2 rings (SSSR count). The van der Waals surface area contributed by atoms with Gasteiger partial charge >= 0.3 is 0 Å². The van der Waals surface area contributed by atoms with Gasteiger partial charge in [0, 0.05) is 31.4 Å². The number of aryl methyl sites for hydroxylation is 1. The van der Waals surface area contributed by atoms with Gasteiger partial charge in [-0.05, 0) is 39.3 Å². The molecule has 2 N–H and O–H groups in total. The minimum atomic E-state index is -0.441. The summed E-state index contributed by atoms with van der Waals surface area (Å²) in [6, 6.07) is 3.94. The number of nitrogens with zero attached hydrogens (tertiary/aromatic N) is 3. The number of aromatic nitrogens is 1. The lowest BCUT2D eigenvalue weighted by molar-refractivity contribution is -0.137. The van der Waals surface area contributed by atoms with E-state index in [1.165, 1.54) is 0 Å². The van der Waals surface area contributed by atoms with Crippen molar-refractivity contribution in [1.29, 1.82) is 0 Å². The Hall–Kier alpha value is -1.62. The largest absolute Gasteiger partial charge is 0.353 e. The number of anilines is 1. The topological polar surface area (TPSA) is 62.5 Å². The third-order valence-electron chi connectivity index (χ3n) is 3.78. The van der Waals surface area contributed by atoms with Crippen molar-refractivity contribution in [3.63, 3.8) is 0 Å². The van der Waals surface area contributed by atoms with Gasteiger partial charge in [-0.15, -0.1) is 0 Å². The Labute approximate surface area is 120 Å². The Bertz CT molecular complexity index is 459. The number of hydrogen-bond donors (Lipinski definition) is 1. The number of hydrogen-bond acceptors (Lipinski definition) is 4. The Morgan fingerprint density at radius 2 is 1.95 bits per heavy atom. The molecule has 1 aromatic heterocycles. The summed E-state index contributed by atoms with van der Waals surface area (Å²) < 4.78 is 0. The maximum Gasteiger partial charge on any atom is 0.239 e. The van der Waals surface area contributed by atoms with Crippen LogP contribution in [-0.2, 0) is 4.79 Å². The van der Waals surface area contributed by atoms with Crippen molar-refractivity contribution < 1.29 is 4.79 Å². The molecule has 20 heavy (non-hydrogen) atoms. The minimum Gasteiger partial charge on any atom is -0.353 e. The molecule has 1 aliphatic heterocycles. The number of nitrogens with two attached hydrogens (primary N) is 1. The summed E-state index contributed by atoms with van der Waals surface area (Å²) in [6.45, 7) is 9.49. The third-order valence-corrected chi connectivity index (χ3v) is 3.78. The fraction of sp³-hybridized carbons (Fsp3) is 0.600. The van der Waals surface area contributed by atoms with E-state index in [2.05, 4.69) is 29.8 Å². The summed E-state index contributed by atoms with van der Waals surface area (Å²) in [7, 11) is 0. The second-order valence-electron chi connectivity index (χ2n) is 5.83. The van der Waals surface area contributed by atoms with Crippen LogP contribution in [0.15, 0.2) is 18.3 Å². The summed E-state index contributed by atoms with van der Waals surface area (Å²) in [5, 5.41) is 0. The molecular weight excluding hydrogens is 252 g/mol. The number of pyridine rings is 1. The molecule has 1 aromatic rings. The van der Waals surface area contributed by atoms with Crippen molar-refractivity contribution in [3.05, 3.63) is 23.9 Å². The van der Waals surface area contributed by atoms with Crippen molar-refractivity contribution in [2.45, 2.75) is 45.8 Å². The molecule has 0 bridgehead atoms. The quantitative estimate of drug-likeness (QED) is 0.880. The van der Waals surface area contributed by atoms with Crippen LogP contribution >= 0.6 is 0 Å². The molecule has 1 amide bonds. The van der Waals surface area contributed by atoms with E-state index in [9.17, 15) is 4.79 Å². The number of piperazine rings is 1. The van der Waals surface area contributed by atoms with Crippen molar-refractivity contribution in [1.82, 2.24) is 9.88 Å². The zero-order valence-corrected chi connectivity index (χ0v) is 12.7. The highest BCUT2D eigenvalue weighted by atomic mass is 16.2. The van der Waals surface area contributed by atoms with Crippen molar-refractivity contribution >= 4 is 11.7 Å². The molecule has 1 fully saturated rings. The van der Waals surface area contributed by atoms with Crippen molar-refractivity contribution in [3.8, 4) is 0 Å². The van der Waals surface area contributed by atoms with Gasteiger partial charge in [0.25, 0.3) is 0 Å². The van der Waals surface area contributed by atoms with E-state index in [-0.39, 0.29) is 18.0 Å². The predicted octanol–water partition coefficient (Wildman–Crippen LogP) is 1.16. The third kappa shape index (κ3) is 2.93. The van der Waals surface area contributed by atoms with Crippen LogP contribution in [0.5, 0.6) is 0 Å². The van der Waals surface area contributed by atoms with Crippen LogP contribution < -0.4 is 10.6 Å². The van der Waals surface area contributed by atoms with Gasteiger partial charge in [-0.25, -0.2) is 4.98 Å². The molecule has 0 radical (unpaired) electrons.